The number of hydrogen-bond donors (Lipinski definition) is 1. The van der Waals surface area contributed by atoms with Gasteiger partial charge in [-0.15, -0.1) is 0 Å². The fourth-order valence-corrected chi connectivity index (χ4v) is 5.46. The third kappa shape index (κ3) is 2.59. The molecular weight excluding hydrogens is 320 g/mol. The third-order valence-electron chi connectivity index (χ3n) is 6.88. The maximum atomic E-state index is 12.4. The van der Waals surface area contributed by atoms with Crippen LogP contribution in [0.3, 0.4) is 0 Å². The molecule has 0 amide bonds. The SMILES string of the molecule is COC(=O)[C@@]1(C)CC=C2C3=C(CC[C@H]2[C@@H]1CO)CC1(CC3)OCCO1. The van der Waals surface area contributed by atoms with Crippen molar-refractivity contribution in [1.29, 1.82) is 0 Å². The van der Waals surface area contributed by atoms with Crippen LogP contribution in [0.1, 0.15) is 45.4 Å². The van der Waals surface area contributed by atoms with Gasteiger partial charge in [0.25, 0.3) is 0 Å². The predicted molar refractivity (Wildman–Crippen MR) is 91.6 cm³/mol. The van der Waals surface area contributed by atoms with Crippen molar-refractivity contribution >= 4 is 5.97 Å². The molecule has 1 aliphatic heterocycles. The molecular formula is C20H28O5. The third-order valence-corrected chi connectivity index (χ3v) is 6.88. The van der Waals surface area contributed by atoms with Crippen LogP contribution >= 0.6 is 0 Å². The van der Waals surface area contributed by atoms with E-state index in [9.17, 15) is 9.90 Å². The number of allylic oxidation sites excluding steroid dienone is 3. The van der Waals surface area contributed by atoms with Crippen LogP contribution in [0.25, 0.3) is 0 Å². The molecule has 25 heavy (non-hydrogen) atoms. The highest BCUT2D eigenvalue weighted by Gasteiger charge is 2.51. The zero-order valence-electron chi connectivity index (χ0n) is 15.2. The van der Waals surface area contributed by atoms with E-state index in [1.54, 1.807) is 0 Å². The summed E-state index contributed by atoms with van der Waals surface area (Å²) in [4.78, 5) is 12.4. The summed E-state index contributed by atoms with van der Waals surface area (Å²) in [5, 5.41) is 10.1. The number of esters is 1. The van der Waals surface area contributed by atoms with Gasteiger partial charge >= 0.3 is 5.97 Å². The van der Waals surface area contributed by atoms with Gasteiger partial charge in [0.2, 0.25) is 0 Å². The van der Waals surface area contributed by atoms with E-state index < -0.39 is 11.2 Å². The molecule has 0 unspecified atom stereocenters. The van der Waals surface area contributed by atoms with Gasteiger partial charge in [-0.05, 0) is 49.7 Å². The van der Waals surface area contributed by atoms with Crippen LogP contribution in [-0.4, -0.2) is 43.8 Å². The lowest BCUT2D eigenvalue weighted by Crippen LogP contribution is -2.47. The zero-order chi connectivity index (χ0) is 17.7. The summed E-state index contributed by atoms with van der Waals surface area (Å²) in [6, 6.07) is 0. The fourth-order valence-electron chi connectivity index (χ4n) is 5.46. The highest BCUT2D eigenvalue weighted by molar-refractivity contribution is 5.77. The number of methoxy groups -OCH3 is 1. The highest BCUT2D eigenvalue weighted by Crippen LogP contribution is 2.54. The van der Waals surface area contributed by atoms with E-state index in [2.05, 4.69) is 6.08 Å². The minimum atomic E-state index is -0.636. The maximum absolute atomic E-state index is 12.4. The summed E-state index contributed by atoms with van der Waals surface area (Å²) in [6.45, 7) is 3.34. The first-order valence-electron chi connectivity index (χ1n) is 9.41. The maximum Gasteiger partial charge on any atom is 0.312 e. The minimum Gasteiger partial charge on any atom is -0.469 e. The van der Waals surface area contributed by atoms with E-state index in [4.69, 9.17) is 14.2 Å². The van der Waals surface area contributed by atoms with Gasteiger partial charge in [0.15, 0.2) is 5.79 Å². The molecule has 1 N–H and O–H groups in total. The second-order valence-corrected chi connectivity index (χ2v) is 8.07. The number of carbonyl (C=O) groups excluding carboxylic acids is 1. The Morgan fingerprint density at radius 1 is 1.36 bits per heavy atom. The Kier molecular flexibility index (Phi) is 4.29. The molecule has 4 aliphatic rings. The second kappa shape index (κ2) is 6.22. The number of hydrogen-bond acceptors (Lipinski definition) is 5. The van der Waals surface area contributed by atoms with Crippen LogP contribution in [0.2, 0.25) is 0 Å². The summed E-state index contributed by atoms with van der Waals surface area (Å²) < 4.78 is 16.9. The zero-order valence-corrected chi connectivity index (χ0v) is 15.2. The molecule has 0 bridgehead atoms. The standard InChI is InChI=1S/C20H28O5/c1-19(18(22)23-2)7-5-15-14-6-8-20(24-9-10-25-20)11-13(14)3-4-16(15)17(19)12-21/h5,16-17,21H,3-4,6-12H2,1-2H3/t16-,17+,19+/m1/s1. The Balaban J connectivity index is 1.66. The van der Waals surface area contributed by atoms with Crippen molar-refractivity contribution < 1.29 is 24.1 Å². The smallest absolute Gasteiger partial charge is 0.312 e. The van der Waals surface area contributed by atoms with Crippen LogP contribution in [0.5, 0.6) is 0 Å². The summed E-state index contributed by atoms with van der Waals surface area (Å²) >= 11 is 0. The van der Waals surface area contributed by atoms with E-state index in [-0.39, 0.29) is 24.4 Å². The first-order valence-corrected chi connectivity index (χ1v) is 9.41. The number of carbonyl (C=O) groups is 1. The Bertz CT molecular complexity index is 628. The molecule has 0 aromatic carbocycles. The topological polar surface area (TPSA) is 65.0 Å². The van der Waals surface area contributed by atoms with Crippen molar-refractivity contribution in [1.82, 2.24) is 0 Å². The van der Waals surface area contributed by atoms with Crippen molar-refractivity contribution in [3.8, 4) is 0 Å². The largest absolute Gasteiger partial charge is 0.469 e. The molecule has 1 saturated heterocycles. The van der Waals surface area contributed by atoms with Gasteiger partial charge in [0.1, 0.15) is 0 Å². The van der Waals surface area contributed by atoms with E-state index in [0.29, 0.717) is 19.6 Å². The molecule has 0 aromatic rings. The lowest BCUT2D eigenvalue weighted by atomic mass is 9.57. The van der Waals surface area contributed by atoms with Crippen LogP contribution in [0.15, 0.2) is 22.8 Å². The van der Waals surface area contributed by atoms with Gasteiger partial charge in [0, 0.05) is 25.4 Å². The van der Waals surface area contributed by atoms with Crippen molar-refractivity contribution in [3.63, 3.8) is 0 Å². The van der Waals surface area contributed by atoms with Crippen molar-refractivity contribution in [2.24, 2.45) is 17.3 Å². The molecule has 1 heterocycles. The van der Waals surface area contributed by atoms with Crippen molar-refractivity contribution in [2.45, 2.75) is 51.2 Å². The van der Waals surface area contributed by atoms with Crippen LogP contribution in [0.4, 0.5) is 0 Å². The average molecular weight is 348 g/mol. The molecule has 0 saturated carbocycles. The van der Waals surface area contributed by atoms with E-state index >= 15 is 0 Å². The van der Waals surface area contributed by atoms with E-state index in [1.807, 2.05) is 6.92 Å². The molecule has 3 aliphatic carbocycles. The van der Waals surface area contributed by atoms with Gasteiger partial charge in [-0.25, -0.2) is 0 Å². The summed E-state index contributed by atoms with van der Waals surface area (Å²) in [5.41, 5.74) is 3.61. The monoisotopic (exact) mass is 348 g/mol. The summed E-state index contributed by atoms with van der Waals surface area (Å²) in [5.74, 6) is -0.445. The number of aliphatic hydroxyl groups excluding tert-OH is 1. The number of fused-ring (bicyclic) bond motifs is 2. The van der Waals surface area contributed by atoms with Crippen LogP contribution in [0, 0.1) is 17.3 Å². The normalized spacial score (nSPS) is 36.7. The first-order chi connectivity index (χ1) is 12.0. The Morgan fingerprint density at radius 3 is 2.80 bits per heavy atom. The fraction of sp³-hybridized carbons (Fsp3) is 0.750. The Morgan fingerprint density at radius 2 is 2.12 bits per heavy atom. The number of rotatable bonds is 2. The molecule has 0 radical (unpaired) electrons. The number of ether oxygens (including phenoxy) is 3. The van der Waals surface area contributed by atoms with E-state index in [1.165, 1.54) is 23.8 Å². The molecule has 4 rings (SSSR count). The van der Waals surface area contributed by atoms with E-state index in [0.717, 1.165) is 32.1 Å². The first kappa shape index (κ1) is 17.3. The summed E-state index contributed by atoms with van der Waals surface area (Å²) in [7, 11) is 1.44. The molecule has 0 aromatic heterocycles. The Labute approximate surface area is 149 Å². The summed E-state index contributed by atoms with van der Waals surface area (Å²) in [6.07, 6.45) is 7.56. The van der Waals surface area contributed by atoms with Gasteiger partial charge in [-0.2, -0.15) is 0 Å². The van der Waals surface area contributed by atoms with Crippen molar-refractivity contribution in [3.05, 3.63) is 22.8 Å². The lowest BCUT2D eigenvalue weighted by Gasteiger charge is -2.48. The highest BCUT2D eigenvalue weighted by atomic mass is 16.7. The average Bonchev–Trinajstić information content (AvgIpc) is 3.08. The predicted octanol–water partition coefficient (Wildman–Crippen LogP) is 2.74. The van der Waals surface area contributed by atoms with Crippen molar-refractivity contribution in [2.75, 3.05) is 26.9 Å². The quantitative estimate of drug-likeness (QED) is 0.778. The van der Waals surface area contributed by atoms with Crippen LogP contribution < -0.4 is 0 Å². The molecule has 1 fully saturated rings. The second-order valence-electron chi connectivity index (χ2n) is 8.07. The van der Waals surface area contributed by atoms with Gasteiger partial charge in [-0.3, -0.25) is 4.79 Å². The van der Waals surface area contributed by atoms with Crippen LogP contribution in [-0.2, 0) is 19.0 Å². The molecule has 5 heteroatoms. The molecule has 138 valence electrons. The molecule has 1 spiro atoms. The molecule has 3 atom stereocenters. The Hall–Kier alpha value is -1.17. The lowest BCUT2D eigenvalue weighted by molar-refractivity contribution is -0.164. The number of aliphatic hydroxyl groups is 1. The van der Waals surface area contributed by atoms with Gasteiger partial charge < -0.3 is 19.3 Å². The molecule has 5 nitrogen and oxygen atoms in total. The van der Waals surface area contributed by atoms with Gasteiger partial charge in [0.05, 0.1) is 25.7 Å². The van der Waals surface area contributed by atoms with Gasteiger partial charge in [-0.1, -0.05) is 11.6 Å². The minimum absolute atomic E-state index is 0.0202.